The summed E-state index contributed by atoms with van der Waals surface area (Å²) in [5.41, 5.74) is 1.58. The summed E-state index contributed by atoms with van der Waals surface area (Å²) in [4.78, 5) is 2.13. The number of benzene rings is 1. The lowest BCUT2D eigenvalue weighted by molar-refractivity contribution is 0.494. The van der Waals surface area contributed by atoms with Crippen molar-refractivity contribution in [1.29, 1.82) is 0 Å². The van der Waals surface area contributed by atoms with E-state index in [-0.39, 0.29) is 11.4 Å². The Kier molecular flexibility index (Phi) is 2.56. The number of fused-ring (bicyclic) bond motifs is 1. The van der Waals surface area contributed by atoms with Gasteiger partial charge in [0.25, 0.3) is 0 Å². The average Bonchev–Trinajstić information content (AvgIpc) is 2.14. The van der Waals surface area contributed by atoms with Crippen LogP contribution in [0.1, 0.15) is 27.7 Å². The third-order valence-electron chi connectivity index (χ3n) is 2.94. The minimum atomic E-state index is -0.144. The molecule has 0 aromatic heterocycles. The van der Waals surface area contributed by atoms with E-state index in [2.05, 4.69) is 37.9 Å². The molecule has 0 atom stereocenters. The van der Waals surface area contributed by atoms with Crippen LogP contribution < -0.4 is 10.2 Å². The molecule has 1 aliphatic rings. The van der Waals surface area contributed by atoms with Gasteiger partial charge in [-0.2, -0.15) is 0 Å². The van der Waals surface area contributed by atoms with Crippen molar-refractivity contribution in [2.45, 2.75) is 39.3 Å². The summed E-state index contributed by atoms with van der Waals surface area (Å²) < 4.78 is 13.9. The van der Waals surface area contributed by atoms with Crippen molar-refractivity contribution >= 4 is 11.4 Å². The molecular weight excluding hydrogens is 203 g/mol. The topological polar surface area (TPSA) is 15.3 Å². The van der Waals surface area contributed by atoms with Crippen molar-refractivity contribution in [2.24, 2.45) is 0 Å². The van der Waals surface area contributed by atoms with Gasteiger partial charge in [-0.1, -0.05) is 6.07 Å². The van der Waals surface area contributed by atoms with Crippen molar-refractivity contribution in [3.8, 4) is 0 Å². The predicted molar refractivity (Wildman–Crippen MR) is 66.6 cm³/mol. The molecule has 0 amide bonds. The minimum absolute atomic E-state index is 0.0228. The second-order valence-electron chi connectivity index (χ2n) is 5.37. The Hall–Kier alpha value is -1.25. The van der Waals surface area contributed by atoms with Crippen LogP contribution >= 0.6 is 0 Å². The third kappa shape index (κ3) is 1.86. The fourth-order valence-electron chi connectivity index (χ4n) is 2.26. The number of hydrogen-bond donors (Lipinski definition) is 1. The van der Waals surface area contributed by atoms with Crippen molar-refractivity contribution in [1.82, 2.24) is 0 Å². The number of para-hydroxylation sites is 1. The van der Waals surface area contributed by atoms with Gasteiger partial charge in [-0.25, -0.2) is 4.39 Å². The van der Waals surface area contributed by atoms with E-state index in [0.29, 0.717) is 11.7 Å². The zero-order valence-electron chi connectivity index (χ0n) is 10.3. The first-order valence-electron chi connectivity index (χ1n) is 5.74. The minimum Gasteiger partial charge on any atom is -0.377 e. The third-order valence-corrected chi connectivity index (χ3v) is 2.94. The fourth-order valence-corrected chi connectivity index (χ4v) is 2.26. The van der Waals surface area contributed by atoms with Crippen molar-refractivity contribution in [3.63, 3.8) is 0 Å². The van der Waals surface area contributed by atoms with Crippen LogP contribution in [0.5, 0.6) is 0 Å². The molecule has 2 nitrogen and oxygen atoms in total. The molecule has 0 fully saturated rings. The van der Waals surface area contributed by atoms with E-state index in [4.69, 9.17) is 0 Å². The summed E-state index contributed by atoms with van der Waals surface area (Å²) in [6, 6.07) is 5.52. The highest BCUT2D eigenvalue weighted by atomic mass is 19.1. The molecule has 1 aromatic carbocycles. The van der Waals surface area contributed by atoms with Gasteiger partial charge in [0.1, 0.15) is 5.82 Å². The van der Waals surface area contributed by atoms with Crippen LogP contribution in [0, 0.1) is 5.82 Å². The molecule has 2 rings (SSSR count). The van der Waals surface area contributed by atoms with Gasteiger partial charge in [-0.3, -0.25) is 0 Å². The molecular formula is C13H19FN2. The first-order chi connectivity index (χ1) is 7.41. The monoisotopic (exact) mass is 222 g/mol. The smallest absolute Gasteiger partial charge is 0.148 e. The van der Waals surface area contributed by atoms with E-state index in [9.17, 15) is 4.39 Å². The number of rotatable bonds is 1. The highest BCUT2D eigenvalue weighted by Crippen LogP contribution is 2.37. The highest BCUT2D eigenvalue weighted by Gasteiger charge is 2.32. The normalized spacial score (nSPS) is 18.2. The summed E-state index contributed by atoms with van der Waals surface area (Å²) in [7, 11) is 0. The number of halogens is 1. The summed E-state index contributed by atoms with van der Waals surface area (Å²) in [6.45, 7) is 9.28. The predicted octanol–water partition coefficient (Wildman–Crippen LogP) is 3.24. The summed E-state index contributed by atoms with van der Waals surface area (Å²) in [6.07, 6.45) is 0. The Morgan fingerprint density at radius 2 is 2.06 bits per heavy atom. The molecule has 3 heteroatoms. The maximum Gasteiger partial charge on any atom is 0.148 e. The van der Waals surface area contributed by atoms with E-state index < -0.39 is 0 Å². The van der Waals surface area contributed by atoms with Crippen LogP contribution in [0.15, 0.2) is 18.2 Å². The zero-order valence-corrected chi connectivity index (χ0v) is 10.3. The number of hydrogen-bond acceptors (Lipinski definition) is 2. The number of nitrogens with one attached hydrogen (secondary N) is 1. The lowest BCUT2D eigenvalue weighted by Crippen LogP contribution is -2.51. The van der Waals surface area contributed by atoms with E-state index in [1.54, 1.807) is 6.07 Å². The second-order valence-corrected chi connectivity index (χ2v) is 5.37. The van der Waals surface area contributed by atoms with Crippen LogP contribution in [-0.2, 0) is 0 Å². The van der Waals surface area contributed by atoms with Crippen LogP contribution in [0.2, 0.25) is 0 Å². The van der Waals surface area contributed by atoms with Gasteiger partial charge in [0.2, 0.25) is 0 Å². The molecule has 0 saturated heterocycles. The maximum atomic E-state index is 13.9. The Labute approximate surface area is 96.5 Å². The standard InChI is InChI=1S/C13H19FN2/c1-9(2)16-8-13(3,4)15-11-7-5-6-10(14)12(11)16/h5-7,9,15H,8H2,1-4H3. The Balaban J connectivity index is 2.52. The van der Waals surface area contributed by atoms with Crippen molar-refractivity contribution in [2.75, 3.05) is 16.8 Å². The van der Waals surface area contributed by atoms with Crippen LogP contribution in [0.4, 0.5) is 15.8 Å². The lowest BCUT2D eigenvalue weighted by Gasteiger charge is -2.44. The van der Waals surface area contributed by atoms with Gasteiger partial charge in [-0.15, -0.1) is 0 Å². The first-order valence-corrected chi connectivity index (χ1v) is 5.74. The zero-order chi connectivity index (χ0) is 11.9. The Morgan fingerprint density at radius 1 is 1.38 bits per heavy atom. The molecule has 1 heterocycles. The molecule has 0 aliphatic carbocycles. The molecule has 0 unspecified atom stereocenters. The van der Waals surface area contributed by atoms with E-state index in [1.807, 2.05) is 6.07 Å². The largest absolute Gasteiger partial charge is 0.377 e. The summed E-state index contributed by atoms with van der Waals surface area (Å²) in [5, 5.41) is 3.38. The number of anilines is 2. The van der Waals surface area contributed by atoms with Crippen molar-refractivity contribution in [3.05, 3.63) is 24.0 Å². The Morgan fingerprint density at radius 3 is 2.69 bits per heavy atom. The fraction of sp³-hybridized carbons (Fsp3) is 0.538. The molecule has 16 heavy (non-hydrogen) atoms. The molecule has 1 aromatic rings. The van der Waals surface area contributed by atoms with E-state index in [0.717, 1.165) is 12.2 Å². The van der Waals surface area contributed by atoms with E-state index in [1.165, 1.54) is 6.07 Å². The molecule has 1 aliphatic heterocycles. The van der Waals surface area contributed by atoms with Crippen molar-refractivity contribution < 1.29 is 4.39 Å². The number of nitrogens with zero attached hydrogens (tertiary/aromatic N) is 1. The molecule has 0 bridgehead atoms. The maximum absolute atomic E-state index is 13.9. The van der Waals surface area contributed by atoms with Gasteiger partial charge in [0.15, 0.2) is 0 Å². The van der Waals surface area contributed by atoms with Gasteiger partial charge < -0.3 is 10.2 Å². The second kappa shape index (κ2) is 3.65. The first kappa shape index (κ1) is 11.2. The highest BCUT2D eigenvalue weighted by molar-refractivity contribution is 5.74. The van der Waals surface area contributed by atoms with Crippen LogP contribution in [0.3, 0.4) is 0 Å². The molecule has 88 valence electrons. The van der Waals surface area contributed by atoms with E-state index >= 15 is 0 Å². The SMILES string of the molecule is CC(C)N1CC(C)(C)Nc2cccc(F)c21. The summed E-state index contributed by atoms with van der Waals surface area (Å²) >= 11 is 0. The summed E-state index contributed by atoms with van der Waals surface area (Å²) in [5.74, 6) is -0.144. The molecule has 0 radical (unpaired) electrons. The Bertz CT molecular complexity index is 399. The average molecular weight is 222 g/mol. The molecule has 0 spiro atoms. The quantitative estimate of drug-likeness (QED) is 0.784. The van der Waals surface area contributed by atoms with Crippen LogP contribution in [-0.4, -0.2) is 18.1 Å². The molecule has 1 N–H and O–H groups in total. The lowest BCUT2D eigenvalue weighted by atomic mass is 9.98. The van der Waals surface area contributed by atoms with Gasteiger partial charge >= 0.3 is 0 Å². The molecule has 0 saturated carbocycles. The van der Waals surface area contributed by atoms with Gasteiger partial charge in [0, 0.05) is 18.1 Å². The van der Waals surface area contributed by atoms with Gasteiger partial charge in [-0.05, 0) is 39.8 Å². The van der Waals surface area contributed by atoms with Crippen LogP contribution in [0.25, 0.3) is 0 Å². The van der Waals surface area contributed by atoms with Gasteiger partial charge in [0.05, 0.1) is 11.4 Å².